The van der Waals surface area contributed by atoms with Crippen LogP contribution in [0.5, 0.6) is 0 Å². The number of amides is 1. The molecule has 172 valence electrons. The van der Waals surface area contributed by atoms with E-state index in [1.807, 2.05) is 4.90 Å². The lowest BCUT2D eigenvalue weighted by Crippen LogP contribution is -2.49. The second-order valence-corrected chi connectivity index (χ2v) is 10.1. The molecule has 3 aromatic carbocycles. The maximum Gasteiger partial charge on any atom is 0.261 e. The van der Waals surface area contributed by atoms with Crippen molar-refractivity contribution < 1.29 is 13.2 Å². The van der Waals surface area contributed by atoms with Gasteiger partial charge in [0.05, 0.1) is 10.6 Å². The van der Waals surface area contributed by atoms with Crippen LogP contribution < -0.4 is 9.62 Å². The Bertz CT molecular complexity index is 1270. The predicted octanol–water partition coefficient (Wildman–Crippen LogP) is 4.38. The van der Waals surface area contributed by atoms with Crippen molar-refractivity contribution >= 4 is 27.3 Å². The van der Waals surface area contributed by atoms with Crippen molar-refractivity contribution in [3.8, 4) is 0 Å². The molecule has 0 spiro atoms. The monoisotopic (exact) mass is 463 g/mol. The number of nitrogens with zero attached hydrogens (tertiary/aromatic N) is 2. The molecule has 0 atom stereocenters. The molecule has 1 N–H and O–H groups in total. The van der Waals surface area contributed by atoms with Gasteiger partial charge in [0, 0.05) is 37.4 Å². The summed E-state index contributed by atoms with van der Waals surface area (Å²) in [5.41, 5.74) is 5.31. The molecule has 0 aliphatic carbocycles. The summed E-state index contributed by atoms with van der Waals surface area (Å²) >= 11 is 0. The first-order valence-electron chi connectivity index (χ1n) is 11.1. The molecular formula is C26H29N3O3S. The highest BCUT2D eigenvalue weighted by molar-refractivity contribution is 7.92. The molecule has 4 rings (SSSR count). The molecule has 1 amide bonds. The first kappa shape index (κ1) is 22.9. The number of hydrogen-bond donors (Lipinski definition) is 1. The van der Waals surface area contributed by atoms with Crippen LogP contribution in [-0.4, -0.2) is 45.4 Å². The first-order chi connectivity index (χ1) is 15.8. The molecule has 0 radical (unpaired) electrons. The van der Waals surface area contributed by atoms with Gasteiger partial charge < -0.3 is 9.80 Å². The Morgan fingerprint density at radius 3 is 2.15 bits per heavy atom. The van der Waals surface area contributed by atoms with Crippen molar-refractivity contribution in [3.05, 3.63) is 89.0 Å². The Kier molecular flexibility index (Phi) is 6.42. The van der Waals surface area contributed by atoms with Crippen LogP contribution in [0.25, 0.3) is 0 Å². The molecule has 1 heterocycles. The maximum atomic E-state index is 13.3. The average molecular weight is 464 g/mol. The molecule has 1 saturated heterocycles. The third kappa shape index (κ3) is 4.73. The van der Waals surface area contributed by atoms with Crippen molar-refractivity contribution in [1.29, 1.82) is 0 Å². The van der Waals surface area contributed by atoms with Crippen LogP contribution in [0.4, 0.5) is 11.4 Å². The molecule has 1 aliphatic heterocycles. The molecule has 0 unspecified atom stereocenters. The van der Waals surface area contributed by atoms with Crippen LogP contribution in [0, 0.1) is 20.8 Å². The lowest BCUT2D eigenvalue weighted by molar-refractivity contribution is 0.0746. The van der Waals surface area contributed by atoms with Crippen molar-refractivity contribution in [3.63, 3.8) is 0 Å². The third-order valence-corrected chi connectivity index (χ3v) is 7.73. The summed E-state index contributed by atoms with van der Waals surface area (Å²) in [5.74, 6) is -0.0751. The fourth-order valence-corrected chi connectivity index (χ4v) is 5.32. The van der Waals surface area contributed by atoms with E-state index in [2.05, 4.69) is 41.7 Å². The van der Waals surface area contributed by atoms with E-state index in [1.165, 1.54) is 16.8 Å². The second-order valence-electron chi connectivity index (χ2n) is 8.39. The van der Waals surface area contributed by atoms with Gasteiger partial charge in [0.25, 0.3) is 15.9 Å². The number of anilines is 2. The van der Waals surface area contributed by atoms with Crippen LogP contribution in [0.15, 0.2) is 71.6 Å². The van der Waals surface area contributed by atoms with E-state index in [9.17, 15) is 13.2 Å². The zero-order chi connectivity index (χ0) is 23.6. The van der Waals surface area contributed by atoms with E-state index >= 15 is 0 Å². The standard InChI is InChI=1S/C26H29N3O3S/c1-19-9-7-14-25(20(19)2)28-15-17-29(18-16-28)26(30)23-12-8-13-24(21(23)3)27-33(31,32)22-10-5-4-6-11-22/h4-14,27H,15-18H2,1-3H3. The zero-order valence-electron chi connectivity index (χ0n) is 19.2. The minimum absolute atomic E-state index is 0.0751. The van der Waals surface area contributed by atoms with E-state index in [1.54, 1.807) is 55.5 Å². The summed E-state index contributed by atoms with van der Waals surface area (Å²) in [6.07, 6.45) is 0. The van der Waals surface area contributed by atoms with E-state index in [0.717, 1.165) is 13.1 Å². The van der Waals surface area contributed by atoms with Gasteiger partial charge in [-0.2, -0.15) is 0 Å². The van der Waals surface area contributed by atoms with Gasteiger partial charge in [-0.3, -0.25) is 9.52 Å². The molecule has 1 fully saturated rings. The maximum absolute atomic E-state index is 13.3. The molecule has 0 aromatic heterocycles. The number of sulfonamides is 1. The highest BCUT2D eigenvalue weighted by atomic mass is 32.2. The number of benzene rings is 3. The Morgan fingerprint density at radius 2 is 1.45 bits per heavy atom. The van der Waals surface area contributed by atoms with Crippen molar-refractivity contribution in [1.82, 2.24) is 4.90 Å². The van der Waals surface area contributed by atoms with Crippen LogP contribution in [0.3, 0.4) is 0 Å². The lowest BCUT2D eigenvalue weighted by Gasteiger charge is -2.37. The Balaban J connectivity index is 1.49. The summed E-state index contributed by atoms with van der Waals surface area (Å²) in [6, 6.07) is 19.7. The van der Waals surface area contributed by atoms with Crippen LogP contribution in [0.1, 0.15) is 27.0 Å². The van der Waals surface area contributed by atoms with Gasteiger partial charge in [-0.1, -0.05) is 36.4 Å². The molecule has 7 heteroatoms. The molecule has 33 heavy (non-hydrogen) atoms. The molecule has 6 nitrogen and oxygen atoms in total. The summed E-state index contributed by atoms with van der Waals surface area (Å²) in [4.78, 5) is 17.7. The van der Waals surface area contributed by atoms with Crippen LogP contribution >= 0.6 is 0 Å². The molecular weight excluding hydrogens is 434 g/mol. The number of piperazine rings is 1. The number of hydrogen-bond acceptors (Lipinski definition) is 4. The smallest absolute Gasteiger partial charge is 0.261 e. The van der Waals surface area contributed by atoms with Crippen molar-refractivity contribution in [2.45, 2.75) is 25.7 Å². The van der Waals surface area contributed by atoms with Gasteiger partial charge in [0.2, 0.25) is 0 Å². The van der Waals surface area contributed by atoms with Gasteiger partial charge in [-0.05, 0) is 67.8 Å². The fourth-order valence-electron chi connectivity index (χ4n) is 4.18. The van der Waals surface area contributed by atoms with Gasteiger partial charge >= 0.3 is 0 Å². The van der Waals surface area contributed by atoms with E-state index < -0.39 is 10.0 Å². The number of nitrogens with one attached hydrogen (secondary N) is 1. The van der Waals surface area contributed by atoms with Crippen LogP contribution in [0.2, 0.25) is 0 Å². The minimum Gasteiger partial charge on any atom is -0.368 e. The summed E-state index contributed by atoms with van der Waals surface area (Å²) in [6.45, 7) is 8.78. The number of aryl methyl sites for hydroxylation is 1. The first-order valence-corrected chi connectivity index (χ1v) is 12.5. The topological polar surface area (TPSA) is 69.7 Å². The molecule has 1 aliphatic rings. The van der Waals surface area contributed by atoms with Gasteiger partial charge in [-0.25, -0.2) is 8.42 Å². The van der Waals surface area contributed by atoms with Gasteiger partial charge in [0.15, 0.2) is 0 Å². The Labute approximate surface area is 195 Å². The number of rotatable bonds is 5. The quantitative estimate of drug-likeness (QED) is 0.610. The SMILES string of the molecule is Cc1cccc(N2CCN(C(=O)c3cccc(NS(=O)(=O)c4ccccc4)c3C)CC2)c1C. The Hall–Kier alpha value is -3.32. The third-order valence-electron chi connectivity index (χ3n) is 6.35. The van der Waals surface area contributed by atoms with E-state index in [-0.39, 0.29) is 10.8 Å². The number of carbonyl (C=O) groups excluding carboxylic acids is 1. The van der Waals surface area contributed by atoms with Gasteiger partial charge in [0.1, 0.15) is 0 Å². The Morgan fingerprint density at radius 1 is 0.788 bits per heavy atom. The summed E-state index contributed by atoms with van der Waals surface area (Å²) in [7, 11) is -3.73. The summed E-state index contributed by atoms with van der Waals surface area (Å²) < 4.78 is 28.1. The lowest BCUT2D eigenvalue weighted by atomic mass is 10.0. The summed E-state index contributed by atoms with van der Waals surface area (Å²) in [5, 5.41) is 0. The normalized spacial score (nSPS) is 14.3. The predicted molar refractivity (Wildman–Crippen MR) is 132 cm³/mol. The molecule has 0 bridgehead atoms. The second kappa shape index (κ2) is 9.27. The highest BCUT2D eigenvalue weighted by Crippen LogP contribution is 2.26. The highest BCUT2D eigenvalue weighted by Gasteiger charge is 2.25. The largest absolute Gasteiger partial charge is 0.368 e. The molecule has 0 saturated carbocycles. The van der Waals surface area contributed by atoms with E-state index in [0.29, 0.717) is 29.9 Å². The average Bonchev–Trinajstić information content (AvgIpc) is 2.82. The van der Waals surface area contributed by atoms with Crippen LogP contribution in [-0.2, 0) is 10.0 Å². The van der Waals surface area contributed by atoms with Crippen molar-refractivity contribution in [2.24, 2.45) is 0 Å². The minimum atomic E-state index is -3.73. The fraction of sp³-hybridized carbons (Fsp3) is 0.269. The zero-order valence-corrected chi connectivity index (χ0v) is 20.0. The van der Waals surface area contributed by atoms with Crippen molar-refractivity contribution in [2.75, 3.05) is 35.8 Å². The van der Waals surface area contributed by atoms with E-state index in [4.69, 9.17) is 0 Å². The molecule has 3 aromatic rings. The number of carbonyl (C=O) groups is 1. The van der Waals surface area contributed by atoms with Gasteiger partial charge in [-0.15, -0.1) is 0 Å².